The zero-order chi connectivity index (χ0) is 25.7. The summed E-state index contributed by atoms with van der Waals surface area (Å²) in [5, 5.41) is 8.74. The van der Waals surface area contributed by atoms with Gasteiger partial charge in [-0.3, -0.25) is 14.7 Å². The normalized spacial score (nSPS) is 20.5. The Bertz CT molecular complexity index is 1570. The number of nitrogens with zero attached hydrogens (tertiary/aromatic N) is 3. The molecule has 2 aliphatic rings. The van der Waals surface area contributed by atoms with Crippen molar-refractivity contribution in [1.29, 1.82) is 0 Å². The Kier molecular flexibility index (Phi) is 5.46. The van der Waals surface area contributed by atoms with E-state index >= 15 is 0 Å². The first kappa shape index (κ1) is 23.2. The molecule has 186 valence electrons. The molecule has 1 spiro atoms. The summed E-state index contributed by atoms with van der Waals surface area (Å²) in [6, 6.07) is 22.5. The number of hydrogen-bond acceptors (Lipinski definition) is 4. The van der Waals surface area contributed by atoms with Crippen molar-refractivity contribution in [3.8, 4) is 0 Å². The van der Waals surface area contributed by atoms with Gasteiger partial charge in [-0.15, -0.1) is 0 Å². The van der Waals surface area contributed by atoms with Gasteiger partial charge >= 0.3 is 0 Å². The van der Waals surface area contributed by atoms with Gasteiger partial charge in [-0.25, -0.2) is 0 Å². The molecule has 0 radical (unpaired) electrons. The van der Waals surface area contributed by atoms with Gasteiger partial charge in [-0.05, 0) is 61.0 Å². The second-order valence-corrected chi connectivity index (χ2v) is 10.3. The van der Waals surface area contributed by atoms with Gasteiger partial charge < -0.3 is 15.5 Å². The summed E-state index contributed by atoms with van der Waals surface area (Å²) in [6.07, 6.45) is 4.83. The predicted octanol–water partition coefficient (Wildman–Crippen LogP) is 4.05. The lowest BCUT2D eigenvalue weighted by atomic mass is 9.92. The molecular weight excluding hydrogens is 462 g/mol. The van der Waals surface area contributed by atoms with E-state index in [2.05, 4.69) is 77.7 Å². The molecule has 1 saturated carbocycles. The molecule has 1 aliphatic heterocycles. The minimum Gasteiger partial charge on any atom is -0.368 e. The molecule has 1 aliphatic carbocycles. The summed E-state index contributed by atoms with van der Waals surface area (Å²) in [6.45, 7) is 0.795. The van der Waals surface area contributed by atoms with Crippen molar-refractivity contribution in [2.75, 3.05) is 25.5 Å². The number of nitrogens with two attached hydrogens (primary N) is 1. The number of primary amides is 1. The van der Waals surface area contributed by atoms with E-state index < -0.39 is 11.3 Å². The maximum absolute atomic E-state index is 13.5. The van der Waals surface area contributed by atoms with Crippen molar-refractivity contribution in [3.63, 3.8) is 0 Å². The van der Waals surface area contributed by atoms with Crippen LogP contribution in [0.2, 0.25) is 0 Å². The van der Waals surface area contributed by atoms with Crippen LogP contribution in [0.5, 0.6) is 0 Å². The molecule has 7 nitrogen and oxygen atoms in total. The van der Waals surface area contributed by atoms with Gasteiger partial charge in [-0.1, -0.05) is 60.7 Å². The maximum atomic E-state index is 13.5. The number of benzene rings is 3. The lowest BCUT2D eigenvalue weighted by Gasteiger charge is -2.16. The maximum Gasteiger partial charge on any atom is 0.238 e. The number of fused-ring (bicyclic) bond motifs is 3. The fraction of sp³-hybridized carbons (Fsp3) is 0.233. The average molecular weight is 492 g/mol. The average Bonchev–Trinajstić information content (AvgIpc) is 3.44. The summed E-state index contributed by atoms with van der Waals surface area (Å²) in [7, 11) is 4.13. The third-order valence-electron chi connectivity index (χ3n) is 7.48. The lowest BCUT2D eigenvalue weighted by molar-refractivity contribution is -0.123. The molecule has 0 saturated heterocycles. The largest absolute Gasteiger partial charge is 0.368 e. The number of carbonyl (C=O) groups is 2. The first-order chi connectivity index (χ1) is 17.9. The fourth-order valence-corrected chi connectivity index (χ4v) is 5.80. The van der Waals surface area contributed by atoms with E-state index in [9.17, 15) is 9.59 Å². The zero-order valence-electron chi connectivity index (χ0n) is 20.9. The van der Waals surface area contributed by atoms with Crippen molar-refractivity contribution in [2.45, 2.75) is 24.3 Å². The van der Waals surface area contributed by atoms with E-state index in [-0.39, 0.29) is 18.4 Å². The first-order valence-electron chi connectivity index (χ1n) is 12.5. The number of aromatic amines is 1. The van der Waals surface area contributed by atoms with Crippen LogP contribution in [0.25, 0.3) is 23.1 Å². The Morgan fingerprint density at radius 2 is 1.97 bits per heavy atom. The summed E-state index contributed by atoms with van der Waals surface area (Å²) in [5.74, 6) is -0.506. The highest BCUT2D eigenvalue weighted by atomic mass is 16.2. The minimum absolute atomic E-state index is 0.0395. The third kappa shape index (κ3) is 3.92. The van der Waals surface area contributed by atoms with Crippen LogP contribution < -0.4 is 10.6 Å². The molecule has 3 N–H and O–H groups in total. The fourth-order valence-electron chi connectivity index (χ4n) is 5.80. The van der Waals surface area contributed by atoms with Crippen molar-refractivity contribution in [2.24, 2.45) is 5.73 Å². The molecule has 2 atom stereocenters. The number of rotatable bonds is 7. The lowest BCUT2D eigenvalue weighted by Crippen LogP contribution is -2.39. The number of para-hydroxylation sites is 1. The van der Waals surface area contributed by atoms with Gasteiger partial charge in [0, 0.05) is 23.5 Å². The molecule has 4 aromatic rings. The number of H-pyrrole nitrogens is 1. The van der Waals surface area contributed by atoms with Gasteiger partial charge in [0.2, 0.25) is 11.8 Å². The van der Waals surface area contributed by atoms with Crippen molar-refractivity contribution in [1.82, 2.24) is 15.1 Å². The van der Waals surface area contributed by atoms with E-state index in [1.165, 1.54) is 5.56 Å². The molecular formula is C30H29N5O2. The summed E-state index contributed by atoms with van der Waals surface area (Å²) < 4.78 is 0. The SMILES string of the molecule is CN(C)Cc1cccc(/C=C/c2n[nH]c3cc(C4CC45C(=O)N(CC(N)=O)c4ccccc45)ccc23)c1. The Balaban J connectivity index is 1.27. The smallest absolute Gasteiger partial charge is 0.238 e. The monoisotopic (exact) mass is 491 g/mol. The van der Waals surface area contributed by atoms with E-state index in [1.54, 1.807) is 4.90 Å². The number of amides is 2. The molecule has 2 amide bonds. The quantitative estimate of drug-likeness (QED) is 0.408. The van der Waals surface area contributed by atoms with Crippen molar-refractivity contribution in [3.05, 3.63) is 94.7 Å². The number of nitrogens with one attached hydrogen (secondary N) is 1. The van der Waals surface area contributed by atoms with Crippen LogP contribution in [-0.2, 0) is 21.5 Å². The Morgan fingerprint density at radius 1 is 1.14 bits per heavy atom. The van der Waals surface area contributed by atoms with Crippen molar-refractivity contribution >= 4 is 40.6 Å². The van der Waals surface area contributed by atoms with Gasteiger partial charge in [0.05, 0.1) is 16.6 Å². The summed E-state index contributed by atoms with van der Waals surface area (Å²) in [5.41, 5.74) is 11.9. The van der Waals surface area contributed by atoms with Crippen LogP contribution in [0.15, 0.2) is 66.7 Å². The molecule has 0 bridgehead atoms. The molecule has 3 aromatic carbocycles. The molecule has 6 rings (SSSR count). The predicted molar refractivity (Wildman–Crippen MR) is 146 cm³/mol. The Labute approximate surface area is 215 Å². The van der Waals surface area contributed by atoms with Gasteiger partial charge in [0.1, 0.15) is 6.54 Å². The molecule has 2 unspecified atom stereocenters. The van der Waals surface area contributed by atoms with Gasteiger partial charge in [0.25, 0.3) is 0 Å². The second kappa shape index (κ2) is 8.71. The van der Waals surface area contributed by atoms with E-state index in [4.69, 9.17) is 5.73 Å². The number of aromatic nitrogens is 2. The molecule has 1 fully saturated rings. The summed E-state index contributed by atoms with van der Waals surface area (Å²) in [4.78, 5) is 28.9. The highest BCUT2D eigenvalue weighted by Crippen LogP contribution is 2.66. The molecule has 1 aromatic heterocycles. The van der Waals surface area contributed by atoms with Crippen molar-refractivity contribution < 1.29 is 9.59 Å². The minimum atomic E-state index is -0.625. The number of hydrogen-bond donors (Lipinski definition) is 2. The van der Waals surface area contributed by atoms with Gasteiger partial charge in [-0.2, -0.15) is 5.10 Å². The Morgan fingerprint density at radius 3 is 2.78 bits per heavy atom. The van der Waals surface area contributed by atoms with E-state index in [0.29, 0.717) is 6.42 Å². The highest BCUT2D eigenvalue weighted by Gasteiger charge is 2.67. The number of anilines is 1. The van der Waals surface area contributed by atoms with Crippen LogP contribution in [0.4, 0.5) is 5.69 Å². The van der Waals surface area contributed by atoms with Crippen LogP contribution in [-0.4, -0.2) is 47.6 Å². The van der Waals surface area contributed by atoms with E-state index in [1.807, 2.05) is 30.3 Å². The second-order valence-electron chi connectivity index (χ2n) is 10.3. The molecule has 2 heterocycles. The van der Waals surface area contributed by atoms with Gasteiger partial charge in [0.15, 0.2) is 0 Å². The van der Waals surface area contributed by atoms with Crippen LogP contribution >= 0.6 is 0 Å². The van der Waals surface area contributed by atoms with Crippen LogP contribution in [0, 0.1) is 0 Å². The Hall–Kier alpha value is -4.23. The third-order valence-corrected chi connectivity index (χ3v) is 7.48. The van der Waals surface area contributed by atoms with Crippen LogP contribution in [0.3, 0.4) is 0 Å². The molecule has 7 heteroatoms. The number of carbonyl (C=O) groups excluding carboxylic acids is 2. The zero-order valence-corrected chi connectivity index (χ0v) is 20.9. The van der Waals surface area contributed by atoms with E-state index in [0.717, 1.165) is 45.5 Å². The van der Waals surface area contributed by atoms with Crippen LogP contribution in [0.1, 0.15) is 40.3 Å². The molecule has 37 heavy (non-hydrogen) atoms. The first-order valence-corrected chi connectivity index (χ1v) is 12.5. The topological polar surface area (TPSA) is 95.3 Å². The highest BCUT2D eigenvalue weighted by molar-refractivity contribution is 6.13. The summed E-state index contributed by atoms with van der Waals surface area (Å²) >= 11 is 0. The standard InChI is InChI=1S/C30H29N5O2/c1-34(2)17-20-7-5-6-19(14-20)10-13-25-22-12-11-21(15-26(22)33-32-25)24-16-30(24)23-8-3-4-9-27(23)35(29(30)37)18-28(31)36/h3-15,24H,16-18H2,1-2H3,(H2,31,36)(H,32,33)/b13-10+.